The second-order valence-electron chi connectivity index (χ2n) is 19.1. The van der Waals surface area contributed by atoms with E-state index in [-0.39, 0.29) is 41.9 Å². The monoisotopic (exact) mass is 1040 g/mol. The molecule has 5 aliphatic rings. The number of nitrogens with zero attached hydrogens (tertiary/aromatic N) is 7. The summed E-state index contributed by atoms with van der Waals surface area (Å²) in [6.45, 7) is 19.0. The van der Waals surface area contributed by atoms with Crippen LogP contribution in [0.25, 0.3) is 0 Å². The summed E-state index contributed by atoms with van der Waals surface area (Å²) in [7, 11) is 6.72. The van der Waals surface area contributed by atoms with Crippen LogP contribution >= 0.6 is 21.6 Å². The first kappa shape index (κ1) is 54.1. The van der Waals surface area contributed by atoms with Gasteiger partial charge in [-0.3, -0.25) is 34.4 Å². The number of allylic oxidation sites excluding steroid dienone is 2. The van der Waals surface area contributed by atoms with Gasteiger partial charge in [-0.2, -0.15) is 0 Å². The Hall–Kier alpha value is -5.15. The van der Waals surface area contributed by atoms with E-state index in [4.69, 9.17) is 52.9 Å². The van der Waals surface area contributed by atoms with Gasteiger partial charge in [-0.05, 0) is 58.9 Å². The molecule has 2 amide bonds. The van der Waals surface area contributed by atoms with Crippen molar-refractivity contribution in [1.29, 1.82) is 0 Å². The Labute approximate surface area is 438 Å². The van der Waals surface area contributed by atoms with Gasteiger partial charge in [0, 0.05) is 93.8 Å². The van der Waals surface area contributed by atoms with Crippen molar-refractivity contribution in [2.24, 2.45) is 9.98 Å². The molecule has 1 unspecified atom stereocenters. The van der Waals surface area contributed by atoms with Crippen molar-refractivity contribution in [3.63, 3.8) is 0 Å². The van der Waals surface area contributed by atoms with E-state index in [9.17, 15) is 9.59 Å². The van der Waals surface area contributed by atoms with E-state index in [1.165, 1.54) is 11.1 Å². The predicted octanol–water partition coefficient (Wildman–Crippen LogP) is 7.85. The normalized spacial score (nSPS) is 19.8. The highest BCUT2D eigenvalue weighted by Crippen LogP contribution is 2.41. The van der Waals surface area contributed by atoms with Gasteiger partial charge in [0.05, 0.1) is 99.8 Å². The SMILES string of the molecule is C/C=C1\CC2C=Nc3cc(OCc4cc(OCCN(CCOCCOCCN5CCOCC5)CC(C)(C)SSC)cc(COc5cc6c(cc5OC)C(=O)N5C/C(=C/C)C[C@H]5C=N6)n4)c(OC)cc3C(=O)N2C1. The number of benzene rings is 2. The average molecular weight is 1040 g/mol. The lowest BCUT2D eigenvalue weighted by molar-refractivity contribution is 0.00544. The minimum Gasteiger partial charge on any atom is -0.493 e. The van der Waals surface area contributed by atoms with Gasteiger partial charge in [0.15, 0.2) is 23.0 Å². The Kier molecular flexibility index (Phi) is 19.2. The standard InChI is InChI=1S/C54H71N7O10S2/c1-8-37-22-41-30-55-46-28-50(48(64-5)26-44(46)52(62)60(41)32-37)70-34-39-24-43(69-19-14-59(36-54(3,4)73-72-7)13-18-68-21-20-67-17-12-58-10-15-66-16-11-58)25-40(57-39)35-71-51-29-47-45(27-49(51)65-6)53(63)61-33-38(9-2)23-42(61)31-56-47/h8-9,24-31,41-42H,10-23,32-36H2,1-7H3/b37-8+,38-9+/t41-,42?/m0/s1. The quantitative estimate of drug-likeness (QED) is 0.0459. The number of hydrogen-bond donors (Lipinski definition) is 0. The number of ether oxygens (including phenoxy) is 8. The number of aliphatic imine (C=N–C) groups is 2. The van der Waals surface area contributed by atoms with Gasteiger partial charge in [0.2, 0.25) is 0 Å². The van der Waals surface area contributed by atoms with Crippen LogP contribution in [0.15, 0.2) is 69.7 Å². The molecule has 19 heteroatoms. The van der Waals surface area contributed by atoms with Crippen molar-refractivity contribution in [1.82, 2.24) is 24.6 Å². The minimum absolute atomic E-state index is 0.0162. The summed E-state index contributed by atoms with van der Waals surface area (Å²) in [6.07, 6.45) is 11.4. The third-order valence-corrected chi connectivity index (χ3v) is 16.1. The molecule has 0 bridgehead atoms. The fourth-order valence-corrected chi connectivity index (χ4v) is 11.8. The summed E-state index contributed by atoms with van der Waals surface area (Å²) < 4.78 is 48.4. The maximum absolute atomic E-state index is 13.8. The van der Waals surface area contributed by atoms with E-state index in [1.807, 2.05) is 59.0 Å². The average Bonchev–Trinajstić information content (AvgIpc) is 3.97. The number of pyridine rings is 1. The minimum atomic E-state index is -0.110. The molecule has 0 saturated carbocycles. The molecular weight excluding hydrogens is 971 g/mol. The van der Waals surface area contributed by atoms with Crippen molar-refractivity contribution >= 4 is 57.2 Å². The Balaban J connectivity index is 0.972. The molecule has 17 nitrogen and oxygen atoms in total. The summed E-state index contributed by atoms with van der Waals surface area (Å²) in [5.74, 6) is 2.05. The van der Waals surface area contributed by atoms with Crippen LogP contribution in [0.1, 0.15) is 72.6 Å². The topological polar surface area (TPSA) is 159 Å². The predicted molar refractivity (Wildman–Crippen MR) is 288 cm³/mol. The zero-order valence-electron chi connectivity index (χ0n) is 43.4. The van der Waals surface area contributed by atoms with Crippen molar-refractivity contribution in [2.45, 2.75) is 70.6 Å². The number of carbonyl (C=O) groups excluding carboxylic acids is 2. The van der Waals surface area contributed by atoms with Gasteiger partial charge in [-0.1, -0.05) is 44.9 Å². The zero-order valence-corrected chi connectivity index (χ0v) is 45.0. The van der Waals surface area contributed by atoms with Crippen LogP contribution in [-0.4, -0.2) is 185 Å². The van der Waals surface area contributed by atoms with Crippen LogP contribution in [0.5, 0.6) is 28.7 Å². The molecule has 0 spiro atoms. The molecule has 0 aliphatic carbocycles. The number of morpholine rings is 1. The largest absolute Gasteiger partial charge is 0.493 e. The van der Waals surface area contributed by atoms with Crippen molar-refractivity contribution < 1.29 is 47.5 Å². The molecule has 3 saturated heterocycles. The van der Waals surface area contributed by atoms with Gasteiger partial charge in [-0.25, -0.2) is 0 Å². The first-order valence-electron chi connectivity index (χ1n) is 25.2. The van der Waals surface area contributed by atoms with Gasteiger partial charge >= 0.3 is 0 Å². The van der Waals surface area contributed by atoms with Crippen LogP contribution in [0.4, 0.5) is 11.4 Å². The molecule has 5 aliphatic heterocycles. The van der Waals surface area contributed by atoms with Crippen molar-refractivity contribution in [3.05, 3.63) is 82.2 Å². The molecule has 3 aromatic rings. The fourth-order valence-electron chi connectivity index (χ4n) is 9.57. The molecular formula is C54H71N7O10S2. The van der Waals surface area contributed by atoms with E-state index in [0.29, 0.717) is 115 Å². The number of methoxy groups -OCH3 is 2. The van der Waals surface area contributed by atoms with E-state index in [0.717, 1.165) is 58.8 Å². The van der Waals surface area contributed by atoms with Crippen LogP contribution < -0.4 is 23.7 Å². The maximum Gasteiger partial charge on any atom is 0.257 e. The summed E-state index contributed by atoms with van der Waals surface area (Å²) in [5, 5.41) is 0. The number of hydrogen-bond acceptors (Lipinski definition) is 17. The summed E-state index contributed by atoms with van der Waals surface area (Å²) in [6, 6.07) is 10.4. The highest BCUT2D eigenvalue weighted by atomic mass is 33.1. The molecule has 2 aromatic carbocycles. The third kappa shape index (κ3) is 14.2. The smallest absolute Gasteiger partial charge is 0.257 e. The molecule has 3 fully saturated rings. The van der Waals surface area contributed by atoms with Gasteiger partial charge in [0.1, 0.15) is 25.6 Å². The van der Waals surface area contributed by atoms with Gasteiger partial charge in [-0.15, -0.1) is 0 Å². The number of aromatic nitrogens is 1. The molecule has 6 heterocycles. The molecule has 0 radical (unpaired) electrons. The first-order valence-corrected chi connectivity index (χ1v) is 27.7. The Morgan fingerprint density at radius 1 is 0.712 bits per heavy atom. The Morgan fingerprint density at radius 3 is 1.77 bits per heavy atom. The molecule has 2 atom stereocenters. The maximum atomic E-state index is 13.8. The second-order valence-corrected chi connectivity index (χ2v) is 22.2. The molecule has 73 heavy (non-hydrogen) atoms. The molecule has 8 rings (SSSR count). The van der Waals surface area contributed by atoms with Gasteiger partial charge in [0.25, 0.3) is 11.8 Å². The highest BCUT2D eigenvalue weighted by molar-refractivity contribution is 8.77. The number of carbonyl (C=O) groups is 2. The Morgan fingerprint density at radius 2 is 1.25 bits per heavy atom. The Bertz CT molecular complexity index is 2400. The number of rotatable bonds is 25. The summed E-state index contributed by atoms with van der Waals surface area (Å²) in [5.41, 5.74) is 5.52. The molecule has 394 valence electrons. The third-order valence-electron chi connectivity index (χ3n) is 13.4. The lowest BCUT2D eigenvalue weighted by Crippen LogP contribution is -2.40. The van der Waals surface area contributed by atoms with E-state index >= 15 is 0 Å². The van der Waals surface area contributed by atoms with Crippen LogP contribution in [0.3, 0.4) is 0 Å². The van der Waals surface area contributed by atoms with E-state index < -0.39 is 0 Å². The summed E-state index contributed by atoms with van der Waals surface area (Å²) in [4.78, 5) is 50.5. The lowest BCUT2D eigenvalue weighted by Gasteiger charge is -2.31. The van der Waals surface area contributed by atoms with E-state index in [1.54, 1.807) is 49.3 Å². The van der Waals surface area contributed by atoms with Crippen molar-refractivity contribution in [2.75, 3.05) is 119 Å². The van der Waals surface area contributed by atoms with Crippen molar-refractivity contribution in [3.8, 4) is 28.7 Å². The molecule has 1 aromatic heterocycles. The van der Waals surface area contributed by atoms with Gasteiger partial charge < -0.3 is 47.7 Å². The fraction of sp³-hybridized carbons (Fsp3) is 0.537. The van der Waals surface area contributed by atoms with Crippen LogP contribution in [0, 0.1) is 0 Å². The zero-order chi connectivity index (χ0) is 51.3. The first-order chi connectivity index (χ1) is 35.5. The van der Waals surface area contributed by atoms with E-state index in [2.05, 4.69) is 42.1 Å². The lowest BCUT2D eigenvalue weighted by atomic mass is 10.1. The molecule has 0 N–H and O–H groups in total. The van der Waals surface area contributed by atoms with Crippen LogP contribution in [-0.2, 0) is 27.4 Å². The van der Waals surface area contributed by atoms with Crippen LogP contribution in [0.2, 0.25) is 0 Å². The number of amides is 2. The number of fused-ring (bicyclic) bond motifs is 4. The second kappa shape index (κ2) is 25.9. The highest BCUT2D eigenvalue weighted by Gasteiger charge is 2.36. The summed E-state index contributed by atoms with van der Waals surface area (Å²) >= 11 is 0.